The Balaban J connectivity index is 2.49. The van der Waals surface area contributed by atoms with E-state index in [1.807, 2.05) is 19.9 Å². The summed E-state index contributed by atoms with van der Waals surface area (Å²) in [5, 5.41) is 0. The number of aliphatic imine (C=N–C) groups is 1. The van der Waals surface area contributed by atoms with E-state index in [4.69, 9.17) is 10.2 Å². The SMILES string of the molecule is CC(C)C(N)=NCc1ccoc1. The highest BCUT2D eigenvalue weighted by Gasteiger charge is 1.98. The maximum absolute atomic E-state index is 5.65. The molecule has 0 saturated heterocycles. The van der Waals surface area contributed by atoms with Crippen molar-refractivity contribution in [1.82, 2.24) is 0 Å². The quantitative estimate of drug-likeness (QED) is 0.549. The number of hydrogen-bond acceptors (Lipinski definition) is 2. The minimum Gasteiger partial charge on any atom is -0.472 e. The molecule has 3 heteroatoms. The Morgan fingerprint density at radius 2 is 2.42 bits per heavy atom. The van der Waals surface area contributed by atoms with Crippen LogP contribution >= 0.6 is 0 Å². The highest BCUT2D eigenvalue weighted by molar-refractivity contribution is 5.82. The van der Waals surface area contributed by atoms with Gasteiger partial charge in [-0.15, -0.1) is 0 Å². The van der Waals surface area contributed by atoms with Gasteiger partial charge in [0.05, 0.1) is 24.9 Å². The summed E-state index contributed by atoms with van der Waals surface area (Å²) in [7, 11) is 0. The van der Waals surface area contributed by atoms with Crippen molar-refractivity contribution < 1.29 is 4.42 Å². The summed E-state index contributed by atoms with van der Waals surface area (Å²) in [6.07, 6.45) is 3.31. The van der Waals surface area contributed by atoms with E-state index in [1.54, 1.807) is 12.5 Å². The van der Waals surface area contributed by atoms with Gasteiger partial charge in [-0.05, 0) is 6.07 Å². The van der Waals surface area contributed by atoms with E-state index in [0.717, 1.165) is 5.56 Å². The molecule has 1 heterocycles. The van der Waals surface area contributed by atoms with E-state index in [0.29, 0.717) is 18.3 Å². The lowest BCUT2D eigenvalue weighted by molar-refractivity contribution is 0.564. The second kappa shape index (κ2) is 3.95. The molecule has 0 bridgehead atoms. The lowest BCUT2D eigenvalue weighted by Gasteiger charge is -2.02. The van der Waals surface area contributed by atoms with Crippen LogP contribution in [0.25, 0.3) is 0 Å². The molecular weight excluding hydrogens is 152 g/mol. The van der Waals surface area contributed by atoms with Crippen LogP contribution < -0.4 is 5.73 Å². The molecule has 3 nitrogen and oxygen atoms in total. The molecule has 0 aliphatic rings. The first-order valence-electron chi connectivity index (χ1n) is 4.01. The Bertz CT molecular complexity index is 250. The zero-order valence-corrected chi connectivity index (χ0v) is 7.45. The molecular formula is C9H14N2O. The first-order chi connectivity index (χ1) is 5.70. The number of furan rings is 1. The van der Waals surface area contributed by atoms with Crippen LogP contribution in [0.4, 0.5) is 0 Å². The van der Waals surface area contributed by atoms with Gasteiger partial charge < -0.3 is 10.2 Å². The van der Waals surface area contributed by atoms with Gasteiger partial charge in [0.25, 0.3) is 0 Å². The van der Waals surface area contributed by atoms with Gasteiger partial charge in [0, 0.05) is 11.5 Å². The van der Waals surface area contributed by atoms with Gasteiger partial charge in [-0.25, -0.2) is 0 Å². The topological polar surface area (TPSA) is 51.5 Å². The predicted molar refractivity (Wildman–Crippen MR) is 48.9 cm³/mol. The second-order valence-electron chi connectivity index (χ2n) is 3.03. The molecule has 1 aromatic heterocycles. The summed E-state index contributed by atoms with van der Waals surface area (Å²) in [4.78, 5) is 4.20. The van der Waals surface area contributed by atoms with Crippen molar-refractivity contribution in [2.45, 2.75) is 20.4 Å². The molecule has 12 heavy (non-hydrogen) atoms. The molecule has 0 aliphatic carbocycles. The van der Waals surface area contributed by atoms with Crippen LogP contribution in [0.15, 0.2) is 28.0 Å². The molecule has 0 radical (unpaired) electrons. The fourth-order valence-corrected chi connectivity index (χ4v) is 0.748. The standard InChI is InChI=1S/C9H14N2O/c1-7(2)9(10)11-5-8-3-4-12-6-8/h3-4,6-7H,5H2,1-2H3,(H2,10,11). The summed E-state index contributed by atoms with van der Waals surface area (Å²) in [6, 6.07) is 1.89. The van der Waals surface area contributed by atoms with Crippen molar-refractivity contribution in [3.63, 3.8) is 0 Å². The first kappa shape index (κ1) is 8.84. The van der Waals surface area contributed by atoms with Crippen molar-refractivity contribution in [2.75, 3.05) is 0 Å². The average molecular weight is 166 g/mol. The van der Waals surface area contributed by atoms with Crippen molar-refractivity contribution in [1.29, 1.82) is 0 Å². The van der Waals surface area contributed by atoms with Crippen molar-refractivity contribution in [2.24, 2.45) is 16.6 Å². The number of nitrogens with two attached hydrogens (primary N) is 1. The smallest absolute Gasteiger partial charge is 0.0967 e. The Morgan fingerprint density at radius 3 is 2.92 bits per heavy atom. The highest BCUT2D eigenvalue weighted by atomic mass is 16.3. The molecule has 0 saturated carbocycles. The summed E-state index contributed by atoms with van der Waals surface area (Å²) in [6.45, 7) is 4.66. The molecule has 0 unspecified atom stereocenters. The number of amidine groups is 1. The van der Waals surface area contributed by atoms with E-state index in [1.165, 1.54) is 0 Å². The van der Waals surface area contributed by atoms with Crippen LogP contribution in [0.1, 0.15) is 19.4 Å². The first-order valence-corrected chi connectivity index (χ1v) is 4.01. The zero-order valence-electron chi connectivity index (χ0n) is 7.45. The van der Waals surface area contributed by atoms with E-state index in [-0.39, 0.29) is 0 Å². The molecule has 0 amide bonds. The summed E-state index contributed by atoms with van der Waals surface area (Å²) in [5.41, 5.74) is 6.71. The largest absolute Gasteiger partial charge is 0.472 e. The van der Waals surface area contributed by atoms with E-state index in [9.17, 15) is 0 Å². The monoisotopic (exact) mass is 166 g/mol. The summed E-state index contributed by atoms with van der Waals surface area (Å²) < 4.78 is 4.90. The third-order valence-corrected chi connectivity index (χ3v) is 1.62. The highest BCUT2D eigenvalue weighted by Crippen LogP contribution is 2.02. The third kappa shape index (κ3) is 2.42. The molecule has 0 aromatic carbocycles. The summed E-state index contributed by atoms with van der Waals surface area (Å²) >= 11 is 0. The molecule has 0 aliphatic heterocycles. The van der Waals surface area contributed by atoms with Crippen molar-refractivity contribution in [3.05, 3.63) is 24.2 Å². The molecule has 1 rings (SSSR count). The molecule has 2 N–H and O–H groups in total. The number of nitrogens with zero attached hydrogens (tertiary/aromatic N) is 1. The zero-order chi connectivity index (χ0) is 8.97. The van der Waals surface area contributed by atoms with Crippen LogP contribution in [0.3, 0.4) is 0 Å². The summed E-state index contributed by atoms with van der Waals surface area (Å²) in [5.74, 6) is 1.01. The predicted octanol–water partition coefficient (Wildman–Crippen LogP) is 1.79. The Hall–Kier alpha value is -1.25. The van der Waals surface area contributed by atoms with Gasteiger partial charge in [0.2, 0.25) is 0 Å². The molecule has 66 valence electrons. The van der Waals surface area contributed by atoms with Gasteiger partial charge in [-0.2, -0.15) is 0 Å². The number of hydrogen-bond donors (Lipinski definition) is 1. The fraction of sp³-hybridized carbons (Fsp3) is 0.444. The van der Waals surface area contributed by atoms with Crippen LogP contribution in [-0.2, 0) is 6.54 Å². The molecule has 0 atom stereocenters. The van der Waals surface area contributed by atoms with E-state index < -0.39 is 0 Å². The van der Waals surface area contributed by atoms with Crippen LogP contribution in [-0.4, -0.2) is 5.84 Å². The molecule has 1 aromatic rings. The molecule has 0 spiro atoms. The fourth-order valence-electron chi connectivity index (χ4n) is 0.748. The molecule has 0 fully saturated rings. The number of rotatable bonds is 3. The van der Waals surface area contributed by atoms with Gasteiger partial charge in [0.15, 0.2) is 0 Å². The Labute approximate surface area is 72.3 Å². The van der Waals surface area contributed by atoms with E-state index >= 15 is 0 Å². The van der Waals surface area contributed by atoms with E-state index in [2.05, 4.69) is 4.99 Å². The average Bonchev–Trinajstić information content (AvgIpc) is 2.51. The Kier molecular flexibility index (Phi) is 2.91. The third-order valence-electron chi connectivity index (χ3n) is 1.62. The van der Waals surface area contributed by atoms with Crippen LogP contribution in [0, 0.1) is 5.92 Å². The lowest BCUT2D eigenvalue weighted by atomic mass is 10.2. The van der Waals surface area contributed by atoms with Gasteiger partial charge in [0.1, 0.15) is 0 Å². The van der Waals surface area contributed by atoms with Gasteiger partial charge in [-0.1, -0.05) is 13.8 Å². The minimum absolute atomic E-state index is 0.317. The Morgan fingerprint density at radius 1 is 1.67 bits per heavy atom. The van der Waals surface area contributed by atoms with Crippen molar-refractivity contribution >= 4 is 5.84 Å². The lowest BCUT2D eigenvalue weighted by Crippen LogP contribution is -2.18. The van der Waals surface area contributed by atoms with Crippen molar-refractivity contribution in [3.8, 4) is 0 Å². The van der Waals surface area contributed by atoms with Crippen LogP contribution in [0.5, 0.6) is 0 Å². The maximum atomic E-state index is 5.65. The minimum atomic E-state index is 0.317. The normalized spacial score (nSPS) is 12.4. The second-order valence-corrected chi connectivity index (χ2v) is 3.03. The maximum Gasteiger partial charge on any atom is 0.0967 e. The van der Waals surface area contributed by atoms with Crippen LogP contribution in [0.2, 0.25) is 0 Å². The van der Waals surface area contributed by atoms with Gasteiger partial charge >= 0.3 is 0 Å². The van der Waals surface area contributed by atoms with Gasteiger partial charge in [-0.3, -0.25) is 4.99 Å².